The lowest BCUT2D eigenvalue weighted by Crippen LogP contribution is -2.33. The molecule has 1 fully saturated rings. The molecule has 1 heterocycles. The molecule has 3 unspecified atom stereocenters. The van der Waals surface area contributed by atoms with E-state index in [1.54, 1.807) is 11.3 Å². The largest absolute Gasteiger partial charge is 0.299 e. The highest BCUT2D eigenvalue weighted by Gasteiger charge is 2.37. The van der Waals surface area contributed by atoms with Crippen molar-refractivity contribution in [1.82, 2.24) is 0 Å². The van der Waals surface area contributed by atoms with Gasteiger partial charge in [0, 0.05) is 23.0 Å². The molecule has 0 aliphatic heterocycles. The maximum absolute atomic E-state index is 12.9. The fraction of sp³-hybridized carbons (Fsp3) is 0.688. The fourth-order valence-electron chi connectivity index (χ4n) is 3.86. The molecular weight excluding hydrogens is 304 g/mol. The number of carbonyl (C=O) groups excluding carboxylic acids is 1. The van der Waals surface area contributed by atoms with E-state index in [0.29, 0.717) is 12.2 Å². The summed E-state index contributed by atoms with van der Waals surface area (Å²) < 4.78 is 23.6. The number of fused-ring (bicyclic) bond motifs is 1. The number of thiophene rings is 1. The SMILES string of the molecule is CS(=O)(=O)C1CCCC(C(=O)C2CCCc3sccc32)C1. The lowest BCUT2D eigenvalue weighted by atomic mass is 9.76. The first-order valence-corrected chi connectivity index (χ1v) is 10.6. The topological polar surface area (TPSA) is 51.2 Å². The lowest BCUT2D eigenvalue weighted by Gasteiger charge is -2.31. The Bertz CT molecular complexity index is 630. The highest BCUT2D eigenvalue weighted by molar-refractivity contribution is 7.91. The van der Waals surface area contributed by atoms with Crippen molar-refractivity contribution in [2.24, 2.45) is 5.92 Å². The molecule has 0 amide bonds. The smallest absolute Gasteiger partial charge is 0.150 e. The maximum Gasteiger partial charge on any atom is 0.150 e. The van der Waals surface area contributed by atoms with Crippen LogP contribution in [0.2, 0.25) is 0 Å². The summed E-state index contributed by atoms with van der Waals surface area (Å²) in [6.45, 7) is 0. The van der Waals surface area contributed by atoms with Crippen molar-refractivity contribution in [3.05, 3.63) is 21.9 Å². The predicted octanol–water partition coefficient (Wildman–Crippen LogP) is 3.34. The molecule has 21 heavy (non-hydrogen) atoms. The van der Waals surface area contributed by atoms with E-state index in [1.165, 1.54) is 16.7 Å². The average molecular weight is 326 g/mol. The van der Waals surface area contributed by atoms with Gasteiger partial charge in [-0.15, -0.1) is 11.3 Å². The molecule has 0 bridgehead atoms. The molecule has 0 N–H and O–H groups in total. The Labute approximate surface area is 130 Å². The Balaban J connectivity index is 1.77. The summed E-state index contributed by atoms with van der Waals surface area (Å²) in [4.78, 5) is 14.3. The van der Waals surface area contributed by atoms with Crippen LogP contribution >= 0.6 is 11.3 Å². The van der Waals surface area contributed by atoms with Crippen LogP contribution in [0.1, 0.15) is 54.9 Å². The minimum atomic E-state index is -3.02. The van der Waals surface area contributed by atoms with Crippen molar-refractivity contribution in [2.75, 3.05) is 6.26 Å². The van der Waals surface area contributed by atoms with Crippen molar-refractivity contribution < 1.29 is 13.2 Å². The maximum atomic E-state index is 12.9. The molecule has 3 rings (SSSR count). The van der Waals surface area contributed by atoms with Crippen LogP contribution in [0.25, 0.3) is 0 Å². The Morgan fingerprint density at radius 2 is 2.05 bits per heavy atom. The van der Waals surface area contributed by atoms with Gasteiger partial charge in [0.25, 0.3) is 0 Å². The molecular formula is C16H22O3S2. The van der Waals surface area contributed by atoms with Crippen molar-refractivity contribution >= 4 is 27.0 Å². The van der Waals surface area contributed by atoms with Crippen molar-refractivity contribution in [1.29, 1.82) is 0 Å². The van der Waals surface area contributed by atoms with Crippen LogP contribution in [0, 0.1) is 5.92 Å². The predicted molar refractivity (Wildman–Crippen MR) is 85.6 cm³/mol. The second-order valence-corrected chi connectivity index (χ2v) is 9.79. The first-order chi connectivity index (χ1) is 9.97. The van der Waals surface area contributed by atoms with Gasteiger partial charge in [0.1, 0.15) is 15.6 Å². The van der Waals surface area contributed by atoms with Gasteiger partial charge in [-0.1, -0.05) is 6.42 Å². The van der Waals surface area contributed by atoms with Crippen molar-refractivity contribution in [3.8, 4) is 0 Å². The van der Waals surface area contributed by atoms with Crippen LogP contribution in [0.5, 0.6) is 0 Å². The second-order valence-electron chi connectivity index (χ2n) is 6.46. The number of carbonyl (C=O) groups is 1. The van der Waals surface area contributed by atoms with Crippen LogP contribution < -0.4 is 0 Å². The minimum absolute atomic E-state index is 0.0170. The zero-order valence-corrected chi connectivity index (χ0v) is 14.0. The van der Waals surface area contributed by atoms with Crippen molar-refractivity contribution in [3.63, 3.8) is 0 Å². The number of sulfone groups is 1. The third-order valence-corrected chi connectivity index (χ3v) is 7.66. The quantitative estimate of drug-likeness (QED) is 0.856. The van der Waals surface area contributed by atoms with Crippen molar-refractivity contribution in [2.45, 2.75) is 56.1 Å². The molecule has 3 atom stereocenters. The van der Waals surface area contributed by atoms with Crippen LogP contribution in [0.3, 0.4) is 0 Å². The van der Waals surface area contributed by atoms with Crippen LogP contribution in [0.4, 0.5) is 0 Å². The Hall–Kier alpha value is -0.680. The molecule has 0 radical (unpaired) electrons. The summed E-state index contributed by atoms with van der Waals surface area (Å²) in [5, 5.41) is 1.77. The molecule has 0 saturated heterocycles. The highest BCUT2D eigenvalue weighted by atomic mass is 32.2. The molecule has 1 saturated carbocycles. The summed E-state index contributed by atoms with van der Waals surface area (Å²) in [6, 6.07) is 2.10. The third kappa shape index (κ3) is 3.09. The molecule has 1 aromatic rings. The van der Waals surface area contributed by atoms with Gasteiger partial charge in [-0.05, 0) is 55.5 Å². The summed E-state index contributed by atoms with van der Waals surface area (Å²) in [7, 11) is -3.02. The average Bonchev–Trinajstić information content (AvgIpc) is 2.94. The number of rotatable bonds is 3. The van der Waals surface area contributed by atoms with E-state index in [0.717, 1.165) is 38.5 Å². The van der Waals surface area contributed by atoms with E-state index < -0.39 is 9.84 Å². The zero-order valence-electron chi connectivity index (χ0n) is 12.4. The van der Waals surface area contributed by atoms with E-state index in [4.69, 9.17) is 0 Å². The summed E-state index contributed by atoms with van der Waals surface area (Å²) >= 11 is 1.75. The molecule has 116 valence electrons. The Kier molecular flexibility index (Phi) is 4.23. The van der Waals surface area contributed by atoms with Crippen LogP contribution in [-0.2, 0) is 21.1 Å². The molecule has 0 aromatic carbocycles. The summed E-state index contributed by atoms with van der Waals surface area (Å²) in [5.41, 5.74) is 1.22. The fourth-order valence-corrected chi connectivity index (χ4v) is 6.02. The van der Waals surface area contributed by atoms with Gasteiger partial charge in [-0.25, -0.2) is 8.42 Å². The van der Waals surface area contributed by atoms with E-state index in [-0.39, 0.29) is 17.1 Å². The minimum Gasteiger partial charge on any atom is -0.299 e. The monoisotopic (exact) mass is 326 g/mol. The van der Waals surface area contributed by atoms with Crippen LogP contribution in [0.15, 0.2) is 11.4 Å². The molecule has 0 spiro atoms. The highest BCUT2D eigenvalue weighted by Crippen LogP contribution is 2.40. The third-order valence-electron chi connectivity index (χ3n) is 5.03. The Morgan fingerprint density at radius 1 is 1.24 bits per heavy atom. The van der Waals surface area contributed by atoms with E-state index in [9.17, 15) is 13.2 Å². The normalized spacial score (nSPS) is 29.9. The standard InChI is InChI=1S/C16H22O3S2/c1-21(18,19)12-5-2-4-11(10-12)16(17)14-6-3-7-15-13(14)8-9-20-15/h8-9,11-12,14H,2-7,10H2,1H3. The van der Waals surface area contributed by atoms with Gasteiger partial charge in [-0.2, -0.15) is 0 Å². The molecule has 3 nitrogen and oxygen atoms in total. The van der Waals surface area contributed by atoms with Crippen LogP contribution in [-0.4, -0.2) is 25.7 Å². The lowest BCUT2D eigenvalue weighted by molar-refractivity contribution is -0.125. The van der Waals surface area contributed by atoms with E-state index in [2.05, 4.69) is 11.4 Å². The van der Waals surface area contributed by atoms with Gasteiger partial charge in [-0.3, -0.25) is 4.79 Å². The molecule has 1 aromatic heterocycles. The number of aryl methyl sites for hydroxylation is 1. The number of hydrogen-bond donors (Lipinski definition) is 0. The van der Waals surface area contributed by atoms with Gasteiger partial charge in [0.2, 0.25) is 0 Å². The first kappa shape index (κ1) is 15.2. The number of hydrogen-bond acceptors (Lipinski definition) is 4. The van der Waals surface area contributed by atoms with Gasteiger partial charge in [0.05, 0.1) is 5.25 Å². The second kappa shape index (κ2) is 5.84. The zero-order chi connectivity index (χ0) is 15.0. The van der Waals surface area contributed by atoms with E-state index >= 15 is 0 Å². The number of ketones is 1. The first-order valence-electron chi connectivity index (χ1n) is 7.75. The van der Waals surface area contributed by atoms with E-state index in [1.807, 2.05) is 0 Å². The van der Waals surface area contributed by atoms with Gasteiger partial charge >= 0.3 is 0 Å². The molecule has 2 aliphatic carbocycles. The Morgan fingerprint density at radius 3 is 2.81 bits per heavy atom. The number of Topliss-reactive ketones (excluding diaryl/α,β-unsaturated/α-hetero) is 1. The van der Waals surface area contributed by atoms with Gasteiger partial charge in [0.15, 0.2) is 0 Å². The molecule has 5 heteroatoms. The van der Waals surface area contributed by atoms with Gasteiger partial charge < -0.3 is 0 Å². The summed E-state index contributed by atoms with van der Waals surface area (Å²) in [6.07, 6.45) is 7.38. The molecule has 2 aliphatic rings. The summed E-state index contributed by atoms with van der Waals surface area (Å²) in [5.74, 6) is 0.250.